The molecule has 10 heteroatoms. The van der Waals surface area contributed by atoms with Gasteiger partial charge in [-0.3, -0.25) is 14.7 Å². The van der Waals surface area contributed by atoms with Gasteiger partial charge in [-0.1, -0.05) is 36.9 Å². The molecular formula is C23H22N6O3S. The number of thioether (sulfide) groups is 1. The van der Waals surface area contributed by atoms with Crippen molar-refractivity contribution in [2.24, 2.45) is 0 Å². The average molecular weight is 463 g/mol. The van der Waals surface area contributed by atoms with Gasteiger partial charge in [0.15, 0.2) is 0 Å². The van der Waals surface area contributed by atoms with Crippen molar-refractivity contribution in [1.82, 2.24) is 25.0 Å². The summed E-state index contributed by atoms with van der Waals surface area (Å²) in [5, 5.41) is 14.0. The predicted molar refractivity (Wildman–Crippen MR) is 127 cm³/mol. The largest absolute Gasteiger partial charge is 0.497 e. The summed E-state index contributed by atoms with van der Waals surface area (Å²) in [5.41, 5.74) is 1.91. The van der Waals surface area contributed by atoms with Gasteiger partial charge in [-0.15, -0.1) is 10.2 Å². The Labute approximate surface area is 194 Å². The molecule has 33 heavy (non-hydrogen) atoms. The van der Waals surface area contributed by atoms with Crippen molar-refractivity contribution in [3.05, 3.63) is 77.2 Å². The number of nitrogens with one attached hydrogen (secondary N) is 2. The number of nitrogens with zero attached hydrogens (tertiary/aromatic N) is 4. The number of aromatic amines is 1. The fraction of sp³-hybridized carbons (Fsp3) is 0.174. The summed E-state index contributed by atoms with van der Waals surface area (Å²) < 4.78 is 6.53. The second-order valence-corrected chi connectivity index (χ2v) is 8.21. The number of anilines is 1. The molecule has 0 radical (unpaired) electrons. The van der Waals surface area contributed by atoms with Crippen LogP contribution in [-0.2, 0) is 4.79 Å². The van der Waals surface area contributed by atoms with Gasteiger partial charge >= 0.3 is 0 Å². The van der Waals surface area contributed by atoms with Gasteiger partial charge in [0, 0.05) is 11.6 Å². The highest BCUT2D eigenvalue weighted by Crippen LogP contribution is 2.24. The lowest BCUT2D eigenvalue weighted by Crippen LogP contribution is -2.25. The molecule has 0 aliphatic carbocycles. The second kappa shape index (κ2) is 10.1. The molecule has 4 rings (SSSR count). The number of ether oxygens (including phenoxy) is 1. The molecule has 0 aliphatic rings. The summed E-state index contributed by atoms with van der Waals surface area (Å²) in [4.78, 5) is 29.4. The lowest BCUT2D eigenvalue weighted by molar-refractivity contribution is -0.115. The summed E-state index contributed by atoms with van der Waals surface area (Å²) >= 11 is 1.22. The number of H-pyrrole nitrogens is 1. The van der Waals surface area contributed by atoms with E-state index in [0.717, 1.165) is 11.3 Å². The van der Waals surface area contributed by atoms with E-state index in [-0.39, 0.29) is 11.5 Å². The normalized spacial score (nSPS) is 11.7. The Balaban J connectivity index is 1.42. The van der Waals surface area contributed by atoms with E-state index in [1.165, 1.54) is 22.5 Å². The number of carbonyl (C=O) groups is 1. The van der Waals surface area contributed by atoms with Crippen LogP contribution in [0.2, 0.25) is 0 Å². The molecule has 2 heterocycles. The zero-order valence-corrected chi connectivity index (χ0v) is 18.9. The molecule has 4 aromatic rings. The van der Waals surface area contributed by atoms with Crippen molar-refractivity contribution in [3.8, 4) is 22.7 Å². The molecule has 2 aromatic heterocycles. The Morgan fingerprint density at radius 3 is 2.55 bits per heavy atom. The Hall–Kier alpha value is -3.92. The maximum atomic E-state index is 12.8. The fourth-order valence-electron chi connectivity index (χ4n) is 3.10. The molecule has 0 spiro atoms. The van der Waals surface area contributed by atoms with Gasteiger partial charge < -0.3 is 10.1 Å². The number of methoxy groups -OCH3 is 1. The average Bonchev–Trinajstić information content (AvgIpc) is 3.23. The lowest BCUT2D eigenvalue weighted by Gasteiger charge is -2.12. The molecule has 0 saturated carbocycles. The Morgan fingerprint density at radius 2 is 1.91 bits per heavy atom. The SMILES string of the molecule is CCC(Sc1ncc(-c2ccc(OC)cc2)nn1)C(=O)Nc1cc(=O)n(-c2ccccc2)[nH]1. The monoisotopic (exact) mass is 462 g/mol. The molecule has 1 amide bonds. The topological polar surface area (TPSA) is 115 Å². The third kappa shape index (κ3) is 5.29. The minimum atomic E-state index is -0.456. The number of carbonyl (C=O) groups excluding carboxylic acids is 1. The third-order valence-corrected chi connectivity index (χ3v) is 6.06. The van der Waals surface area contributed by atoms with Crippen LogP contribution in [0.25, 0.3) is 16.9 Å². The minimum absolute atomic E-state index is 0.258. The summed E-state index contributed by atoms with van der Waals surface area (Å²) in [6.07, 6.45) is 2.17. The molecule has 168 valence electrons. The summed E-state index contributed by atoms with van der Waals surface area (Å²) in [7, 11) is 1.61. The van der Waals surface area contributed by atoms with E-state index in [1.807, 2.05) is 49.4 Å². The second-order valence-electron chi connectivity index (χ2n) is 7.04. The number of hydrogen-bond donors (Lipinski definition) is 2. The number of benzene rings is 2. The van der Waals surface area contributed by atoms with Gasteiger partial charge in [0.05, 0.1) is 24.2 Å². The number of rotatable bonds is 8. The van der Waals surface area contributed by atoms with E-state index in [2.05, 4.69) is 25.6 Å². The quantitative estimate of drug-likeness (QED) is 0.385. The van der Waals surface area contributed by atoms with Crippen molar-refractivity contribution >= 4 is 23.5 Å². The lowest BCUT2D eigenvalue weighted by atomic mass is 10.2. The third-order valence-electron chi connectivity index (χ3n) is 4.83. The van der Waals surface area contributed by atoms with Crippen LogP contribution < -0.4 is 15.6 Å². The predicted octanol–water partition coefficient (Wildman–Crippen LogP) is 3.54. The van der Waals surface area contributed by atoms with Crippen LogP contribution in [0.15, 0.2) is 76.8 Å². The maximum absolute atomic E-state index is 12.8. The van der Waals surface area contributed by atoms with Crippen molar-refractivity contribution in [3.63, 3.8) is 0 Å². The molecule has 9 nitrogen and oxygen atoms in total. The van der Waals surface area contributed by atoms with Crippen LogP contribution in [0.3, 0.4) is 0 Å². The first-order chi connectivity index (χ1) is 16.1. The van der Waals surface area contributed by atoms with Gasteiger partial charge in [0.2, 0.25) is 11.1 Å². The summed E-state index contributed by atoms with van der Waals surface area (Å²) in [6, 6.07) is 17.9. The molecule has 0 aliphatic heterocycles. The van der Waals surface area contributed by atoms with E-state index >= 15 is 0 Å². The summed E-state index contributed by atoms with van der Waals surface area (Å²) in [6.45, 7) is 1.90. The van der Waals surface area contributed by atoms with Gasteiger partial charge in [-0.25, -0.2) is 9.67 Å². The molecule has 2 aromatic carbocycles. The highest BCUT2D eigenvalue weighted by Gasteiger charge is 2.21. The number of para-hydroxylation sites is 1. The van der Waals surface area contributed by atoms with E-state index in [0.29, 0.717) is 28.8 Å². The molecule has 0 fully saturated rings. The van der Waals surface area contributed by atoms with Crippen molar-refractivity contribution < 1.29 is 9.53 Å². The standard InChI is InChI=1S/C23H22N6O3S/c1-3-19(22(31)25-20-13-21(30)29(28-20)16-7-5-4-6-8-16)33-23-24-14-18(26-27-23)15-9-11-17(32-2)12-10-15/h4-14,19,28H,3H2,1-2H3,(H,25,31). The first kappa shape index (κ1) is 22.3. The van der Waals surface area contributed by atoms with Crippen LogP contribution in [0.5, 0.6) is 5.75 Å². The number of aromatic nitrogens is 5. The smallest absolute Gasteiger partial charge is 0.273 e. The van der Waals surface area contributed by atoms with Crippen molar-refractivity contribution in [1.29, 1.82) is 0 Å². The Kier molecular flexibility index (Phi) is 6.84. The number of hydrogen-bond acceptors (Lipinski definition) is 7. The maximum Gasteiger partial charge on any atom is 0.273 e. The Morgan fingerprint density at radius 1 is 1.15 bits per heavy atom. The van der Waals surface area contributed by atoms with E-state index < -0.39 is 5.25 Å². The molecule has 1 unspecified atom stereocenters. The van der Waals surface area contributed by atoms with Crippen molar-refractivity contribution in [2.45, 2.75) is 23.8 Å². The van der Waals surface area contributed by atoms with Crippen LogP contribution in [0.1, 0.15) is 13.3 Å². The highest BCUT2D eigenvalue weighted by atomic mass is 32.2. The van der Waals surface area contributed by atoms with E-state index in [1.54, 1.807) is 25.4 Å². The van der Waals surface area contributed by atoms with Gasteiger partial charge in [-0.2, -0.15) is 0 Å². The van der Waals surface area contributed by atoms with Crippen LogP contribution in [-0.4, -0.2) is 43.2 Å². The fourth-order valence-corrected chi connectivity index (χ4v) is 3.89. The van der Waals surface area contributed by atoms with Crippen LogP contribution >= 0.6 is 11.8 Å². The van der Waals surface area contributed by atoms with Gasteiger partial charge in [-0.05, 0) is 42.8 Å². The molecule has 0 bridgehead atoms. The first-order valence-electron chi connectivity index (χ1n) is 10.3. The van der Waals surface area contributed by atoms with E-state index in [9.17, 15) is 9.59 Å². The zero-order chi connectivity index (χ0) is 23.2. The van der Waals surface area contributed by atoms with Gasteiger partial charge in [0.1, 0.15) is 17.3 Å². The Bertz CT molecular complexity index is 1270. The molecule has 0 saturated heterocycles. The van der Waals surface area contributed by atoms with Gasteiger partial charge in [0.25, 0.3) is 5.56 Å². The van der Waals surface area contributed by atoms with Crippen LogP contribution in [0.4, 0.5) is 5.82 Å². The molecule has 1 atom stereocenters. The first-order valence-corrected chi connectivity index (χ1v) is 11.1. The number of amides is 1. The van der Waals surface area contributed by atoms with E-state index in [4.69, 9.17) is 4.74 Å². The molecular weight excluding hydrogens is 440 g/mol. The summed E-state index contributed by atoms with van der Waals surface area (Å²) in [5.74, 6) is 0.817. The minimum Gasteiger partial charge on any atom is -0.497 e. The highest BCUT2D eigenvalue weighted by molar-refractivity contribution is 8.00. The zero-order valence-electron chi connectivity index (χ0n) is 18.1. The van der Waals surface area contributed by atoms with Crippen molar-refractivity contribution in [2.75, 3.05) is 12.4 Å². The molecule has 2 N–H and O–H groups in total. The van der Waals surface area contributed by atoms with Crippen LogP contribution in [0, 0.1) is 0 Å².